The summed E-state index contributed by atoms with van der Waals surface area (Å²) in [4.78, 5) is 12.1. The summed E-state index contributed by atoms with van der Waals surface area (Å²) in [5.74, 6) is -0.198. The Morgan fingerprint density at radius 1 is 0.500 bits per heavy atom. The second-order valence-electron chi connectivity index (χ2n) is 14.1. The molecule has 0 aliphatic rings. The predicted octanol–water partition coefficient (Wildman–Crippen LogP) is 13.4. The molecule has 0 aromatic heterocycles. The number of carbonyl (C=O) groups excluding carboxylic acids is 1. The third kappa shape index (κ3) is 37.6. The number of carbonyl (C=O) groups is 1. The summed E-state index contributed by atoms with van der Waals surface area (Å²) >= 11 is 0. The first-order chi connectivity index (χ1) is 22.7. The Morgan fingerprint density at radius 3 is 1.24 bits per heavy atom. The average Bonchev–Trinajstić information content (AvgIpc) is 3.06. The van der Waals surface area contributed by atoms with E-state index in [1.807, 2.05) is 0 Å². The normalized spacial score (nSPS) is 12.3. The average molecular weight is 651 g/mol. The largest absolute Gasteiger partial charge is 0.457 e. The van der Waals surface area contributed by atoms with Crippen molar-refractivity contribution in [2.45, 2.75) is 232 Å². The lowest BCUT2D eigenvalue weighted by atomic mass is 10.0. The Hall–Kier alpha value is -0.870. The number of aliphatic hydroxyl groups is 1. The van der Waals surface area contributed by atoms with Crippen LogP contribution in [0.2, 0.25) is 0 Å². The number of ether oxygens (including phenoxy) is 2. The van der Waals surface area contributed by atoms with Crippen molar-refractivity contribution in [2.24, 2.45) is 0 Å². The molecule has 0 aliphatic carbocycles. The lowest BCUT2D eigenvalue weighted by molar-refractivity contribution is -0.154. The quantitative estimate of drug-likeness (QED) is 0.0408. The Labute approximate surface area is 288 Å². The molecule has 0 bridgehead atoms. The summed E-state index contributed by atoms with van der Waals surface area (Å²) in [5.41, 5.74) is 0. The highest BCUT2D eigenvalue weighted by Crippen LogP contribution is 2.15. The molecular weight excluding hydrogens is 568 g/mol. The Balaban J connectivity index is 3.36. The van der Waals surface area contributed by atoms with Crippen LogP contribution in [0.3, 0.4) is 0 Å². The molecule has 1 atom stereocenters. The molecule has 0 saturated carbocycles. The fourth-order valence-corrected chi connectivity index (χ4v) is 6.21. The van der Waals surface area contributed by atoms with Crippen LogP contribution in [0.15, 0.2) is 12.2 Å². The van der Waals surface area contributed by atoms with Gasteiger partial charge < -0.3 is 14.6 Å². The molecule has 0 aliphatic heterocycles. The lowest BCUT2D eigenvalue weighted by Gasteiger charge is -2.16. The van der Waals surface area contributed by atoms with Crippen LogP contribution in [0.5, 0.6) is 0 Å². The van der Waals surface area contributed by atoms with Gasteiger partial charge in [0.2, 0.25) is 0 Å². The molecule has 4 heteroatoms. The molecule has 0 aromatic rings. The van der Waals surface area contributed by atoms with E-state index in [9.17, 15) is 9.90 Å². The maximum absolute atomic E-state index is 12.1. The van der Waals surface area contributed by atoms with Crippen LogP contribution >= 0.6 is 0 Å². The zero-order valence-corrected chi connectivity index (χ0v) is 31.4. The summed E-state index contributed by atoms with van der Waals surface area (Å²) in [6.07, 6.45) is 47.0. The molecule has 0 rings (SSSR count). The number of esters is 1. The van der Waals surface area contributed by atoms with E-state index in [2.05, 4.69) is 26.0 Å². The van der Waals surface area contributed by atoms with Gasteiger partial charge in [0, 0.05) is 13.0 Å². The molecule has 46 heavy (non-hydrogen) atoms. The topological polar surface area (TPSA) is 55.8 Å². The van der Waals surface area contributed by atoms with E-state index in [4.69, 9.17) is 9.47 Å². The predicted molar refractivity (Wildman–Crippen MR) is 201 cm³/mol. The third-order valence-corrected chi connectivity index (χ3v) is 9.34. The Morgan fingerprint density at radius 2 is 0.848 bits per heavy atom. The van der Waals surface area contributed by atoms with E-state index in [0.29, 0.717) is 19.6 Å². The molecular formula is C42H82O4. The van der Waals surface area contributed by atoms with Crippen molar-refractivity contribution in [1.29, 1.82) is 0 Å². The minimum atomic E-state index is -0.527. The van der Waals surface area contributed by atoms with Gasteiger partial charge in [-0.1, -0.05) is 193 Å². The molecule has 1 N–H and O–H groups in total. The molecule has 4 nitrogen and oxygen atoms in total. The Bertz CT molecular complexity index is 604. The number of rotatable bonds is 39. The van der Waals surface area contributed by atoms with Crippen molar-refractivity contribution >= 4 is 5.97 Å². The van der Waals surface area contributed by atoms with Gasteiger partial charge in [-0.05, 0) is 38.5 Å². The van der Waals surface area contributed by atoms with E-state index in [-0.39, 0.29) is 12.6 Å². The lowest BCUT2D eigenvalue weighted by Crippen LogP contribution is -2.27. The van der Waals surface area contributed by atoms with Gasteiger partial charge in [-0.25, -0.2) is 0 Å². The van der Waals surface area contributed by atoms with Crippen LogP contribution < -0.4 is 0 Å². The molecule has 274 valence electrons. The van der Waals surface area contributed by atoms with Crippen molar-refractivity contribution in [3.63, 3.8) is 0 Å². The van der Waals surface area contributed by atoms with Gasteiger partial charge in [-0.3, -0.25) is 4.79 Å². The van der Waals surface area contributed by atoms with Gasteiger partial charge >= 0.3 is 5.97 Å². The first-order valence-electron chi connectivity index (χ1n) is 20.8. The molecule has 0 heterocycles. The monoisotopic (exact) mass is 651 g/mol. The van der Waals surface area contributed by atoms with E-state index in [1.165, 1.54) is 186 Å². The van der Waals surface area contributed by atoms with Gasteiger partial charge in [0.25, 0.3) is 0 Å². The van der Waals surface area contributed by atoms with Gasteiger partial charge in [0.05, 0.1) is 13.2 Å². The Kier molecular flexibility index (Phi) is 39.5. The van der Waals surface area contributed by atoms with Crippen LogP contribution in [-0.4, -0.2) is 37.0 Å². The second-order valence-corrected chi connectivity index (χ2v) is 14.1. The highest BCUT2D eigenvalue weighted by molar-refractivity contribution is 5.69. The van der Waals surface area contributed by atoms with Crippen molar-refractivity contribution < 1.29 is 19.4 Å². The maximum atomic E-state index is 12.1. The molecule has 0 saturated heterocycles. The third-order valence-electron chi connectivity index (χ3n) is 9.34. The van der Waals surface area contributed by atoms with Crippen LogP contribution in [0.25, 0.3) is 0 Å². The van der Waals surface area contributed by atoms with Gasteiger partial charge in [0.1, 0.15) is 6.10 Å². The van der Waals surface area contributed by atoms with Crippen LogP contribution in [0.4, 0.5) is 0 Å². The SMILES string of the molecule is CCCCCCCCCC/C=C\CCCCCCCCCCCCOCC(CO)OC(=O)CCCCCCCCCCCCCC. The number of unbranched alkanes of at least 4 members (excludes halogenated alkanes) is 29. The second kappa shape index (κ2) is 40.3. The summed E-state index contributed by atoms with van der Waals surface area (Å²) in [6.45, 7) is 5.37. The molecule has 0 radical (unpaired) electrons. The van der Waals surface area contributed by atoms with Gasteiger partial charge in [-0.15, -0.1) is 0 Å². The molecule has 0 fully saturated rings. The number of allylic oxidation sites excluding steroid dienone is 2. The molecule has 0 aromatic carbocycles. The minimum absolute atomic E-state index is 0.166. The summed E-state index contributed by atoms with van der Waals surface area (Å²) in [7, 11) is 0. The number of aliphatic hydroxyl groups excluding tert-OH is 1. The van der Waals surface area contributed by atoms with Crippen LogP contribution in [0, 0.1) is 0 Å². The van der Waals surface area contributed by atoms with E-state index < -0.39 is 6.10 Å². The van der Waals surface area contributed by atoms with E-state index in [1.54, 1.807) is 0 Å². The molecule has 0 amide bonds. The molecule has 0 spiro atoms. The fraction of sp³-hybridized carbons (Fsp3) is 0.929. The highest BCUT2D eigenvalue weighted by atomic mass is 16.6. The van der Waals surface area contributed by atoms with Crippen molar-refractivity contribution in [3.8, 4) is 0 Å². The zero-order valence-electron chi connectivity index (χ0n) is 31.4. The van der Waals surface area contributed by atoms with Crippen molar-refractivity contribution in [3.05, 3.63) is 12.2 Å². The van der Waals surface area contributed by atoms with Crippen LogP contribution in [0.1, 0.15) is 226 Å². The first kappa shape index (κ1) is 45.1. The first-order valence-corrected chi connectivity index (χ1v) is 20.8. The fourth-order valence-electron chi connectivity index (χ4n) is 6.21. The van der Waals surface area contributed by atoms with E-state index in [0.717, 1.165) is 19.3 Å². The summed E-state index contributed by atoms with van der Waals surface area (Å²) < 4.78 is 11.1. The van der Waals surface area contributed by atoms with Gasteiger partial charge in [0.15, 0.2) is 0 Å². The van der Waals surface area contributed by atoms with E-state index >= 15 is 0 Å². The smallest absolute Gasteiger partial charge is 0.306 e. The van der Waals surface area contributed by atoms with Crippen LogP contribution in [-0.2, 0) is 14.3 Å². The minimum Gasteiger partial charge on any atom is -0.457 e. The maximum Gasteiger partial charge on any atom is 0.306 e. The van der Waals surface area contributed by atoms with Crippen molar-refractivity contribution in [2.75, 3.05) is 19.8 Å². The summed E-state index contributed by atoms with van der Waals surface area (Å²) in [6, 6.07) is 0. The number of hydrogen-bond acceptors (Lipinski definition) is 4. The zero-order chi connectivity index (χ0) is 33.4. The summed E-state index contributed by atoms with van der Waals surface area (Å²) in [5, 5.41) is 9.57. The van der Waals surface area contributed by atoms with Gasteiger partial charge in [-0.2, -0.15) is 0 Å². The standard InChI is InChI=1S/C42H82O4/c1-3-5-7-9-11-13-15-17-18-19-20-21-22-23-24-25-26-28-30-32-34-36-38-45-40-41(39-43)46-42(44)37-35-33-31-29-27-16-14-12-10-8-6-4-2/h19-20,41,43H,3-18,21-40H2,1-2H3/b20-19-. The van der Waals surface area contributed by atoms with Crippen molar-refractivity contribution in [1.82, 2.24) is 0 Å². The number of hydrogen-bond donors (Lipinski definition) is 1. The molecule has 1 unspecified atom stereocenters. The highest BCUT2D eigenvalue weighted by Gasteiger charge is 2.13.